The standard InChI is InChI=1S/C18H30N2/c1-2-3-4-5-6-7-13-19-15-16-10-8-12-18-17(16)11-9-14-20-18/h8,10,12,19-20H,2-7,9,11,13-15H2,1H3. The molecule has 2 N–H and O–H groups in total. The lowest BCUT2D eigenvalue weighted by molar-refractivity contribution is 0.570. The lowest BCUT2D eigenvalue weighted by atomic mass is 9.97. The SMILES string of the molecule is CCCCCCCCNCc1cccc2c1CCCN2. The summed E-state index contributed by atoms with van der Waals surface area (Å²) in [5, 5.41) is 7.12. The first-order valence-corrected chi connectivity index (χ1v) is 8.47. The molecule has 112 valence electrons. The van der Waals surface area contributed by atoms with Gasteiger partial charge in [-0.2, -0.15) is 0 Å². The summed E-state index contributed by atoms with van der Waals surface area (Å²) in [6.45, 7) is 5.58. The number of nitrogens with one attached hydrogen (secondary N) is 2. The summed E-state index contributed by atoms with van der Waals surface area (Å²) < 4.78 is 0. The van der Waals surface area contributed by atoms with E-state index in [2.05, 4.69) is 35.8 Å². The summed E-state index contributed by atoms with van der Waals surface area (Å²) in [4.78, 5) is 0. The largest absolute Gasteiger partial charge is 0.385 e. The number of unbranched alkanes of at least 4 members (excludes halogenated alkanes) is 5. The molecule has 1 aromatic rings. The molecule has 0 saturated heterocycles. The topological polar surface area (TPSA) is 24.1 Å². The minimum Gasteiger partial charge on any atom is -0.385 e. The number of rotatable bonds is 9. The molecule has 0 aromatic heterocycles. The summed E-state index contributed by atoms with van der Waals surface area (Å²) >= 11 is 0. The molecule has 1 aromatic carbocycles. The highest BCUT2D eigenvalue weighted by atomic mass is 14.9. The van der Waals surface area contributed by atoms with Crippen LogP contribution < -0.4 is 10.6 Å². The first-order valence-electron chi connectivity index (χ1n) is 8.47. The van der Waals surface area contributed by atoms with E-state index in [9.17, 15) is 0 Å². The fourth-order valence-electron chi connectivity index (χ4n) is 3.00. The zero-order chi connectivity index (χ0) is 14.0. The Balaban J connectivity index is 1.64. The average molecular weight is 274 g/mol. The van der Waals surface area contributed by atoms with Crippen LogP contribution in [-0.2, 0) is 13.0 Å². The molecule has 0 unspecified atom stereocenters. The number of hydrogen-bond acceptors (Lipinski definition) is 2. The molecular formula is C18H30N2. The minimum absolute atomic E-state index is 1.03. The Morgan fingerprint density at radius 1 is 1.10 bits per heavy atom. The van der Waals surface area contributed by atoms with Gasteiger partial charge in [-0.1, -0.05) is 51.2 Å². The van der Waals surface area contributed by atoms with Gasteiger partial charge in [0.05, 0.1) is 0 Å². The van der Waals surface area contributed by atoms with Crippen LogP contribution in [0, 0.1) is 0 Å². The van der Waals surface area contributed by atoms with Crippen LogP contribution in [0.2, 0.25) is 0 Å². The van der Waals surface area contributed by atoms with Crippen LogP contribution >= 0.6 is 0 Å². The van der Waals surface area contributed by atoms with Crippen LogP contribution in [0.25, 0.3) is 0 Å². The molecule has 0 bridgehead atoms. The first-order chi connectivity index (χ1) is 9.92. The molecule has 0 atom stereocenters. The van der Waals surface area contributed by atoms with Gasteiger partial charge in [0.2, 0.25) is 0 Å². The van der Waals surface area contributed by atoms with Crippen molar-refractivity contribution < 1.29 is 0 Å². The third-order valence-electron chi connectivity index (χ3n) is 4.21. The second-order valence-electron chi connectivity index (χ2n) is 5.92. The van der Waals surface area contributed by atoms with Crippen LogP contribution in [0.15, 0.2) is 18.2 Å². The summed E-state index contributed by atoms with van der Waals surface area (Å²) in [7, 11) is 0. The van der Waals surface area contributed by atoms with E-state index in [0.29, 0.717) is 0 Å². The number of anilines is 1. The van der Waals surface area contributed by atoms with Gasteiger partial charge in [-0.05, 0) is 43.0 Å². The normalized spacial score (nSPS) is 13.8. The van der Waals surface area contributed by atoms with Crippen LogP contribution in [0.5, 0.6) is 0 Å². The Morgan fingerprint density at radius 2 is 1.95 bits per heavy atom. The number of hydrogen-bond donors (Lipinski definition) is 2. The van der Waals surface area contributed by atoms with Crippen LogP contribution in [0.1, 0.15) is 63.0 Å². The number of benzene rings is 1. The van der Waals surface area contributed by atoms with Gasteiger partial charge in [-0.15, -0.1) is 0 Å². The van der Waals surface area contributed by atoms with E-state index in [1.54, 1.807) is 0 Å². The van der Waals surface area contributed by atoms with E-state index in [1.807, 2.05) is 0 Å². The molecule has 1 aliphatic heterocycles. The summed E-state index contributed by atoms with van der Waals surface area (Å²) in [6, 6.07) is 6.67. The highest BCUT2D eigenvalue weighted by molar-refractivity contribution is 5.56. The van der Waals surface area contributed by atoms with Gasteiger partial charge in [0, 0.05) is 18.8 Å². The highest BCUT2D eigenvalue weighted by Crippen LogP contribution is 2.25. The van der Waals surface area contributed by atoms with Crippen molar-refractivity contribution in [2.45, 2.75) is 64.8 Å². The smallest absolute Gasteiger partial charge is 0.0375 e. The summed E-state index contributed by atoms with van der Waals surface area (Å²) in [6.07, 6.45) is 10.7. The molecule has 0 radical (unpaired) electrons. The Hall–Kier alpha value is -1.02. The van der Waals surface area contributed by atoms with Crippen molar-refractivity contribution in [1.29, 1.82) is 0 Å². The van der Waals surface area contributed by atoms with Gasteiger partial charge in [-0.25, -0.2) is 0 Å². The molecule has 0 fully saturated rings. The monoisotopic (exact) mass is 274 g/mol. The van der Waals surface area contributed by atoms with Gasteiger partial charge in [-0.3, -0.25) is 0 Å². The molecule has 2 heteroatoms. The van der Waals surface area contributed by atoms with E-state index in [1.165, 1.54) is 68.2 Å². The van der Waals surface area contributed by atoms with Crippen molar-refractivity contribution in [3.05, 3.63) is 29.3 Å². The van der Waals surface area contributed by atoms with Crippen LogP contribution in [-0.4, -0.2) is 13.1 Å². The van der Waals surface area contributed by atoms with E-state index in [0.717, 1.165) is 19.6 Å². The predicted molar refractivity (Wildman–Crippen MR) is 88.3 cm³/mol. The van der Waals surface area contributed by atoms with Crippen molar-refractivity contribution in [1.82, 2.24) is 5.32 Å². The van der Waals surface area contributed by atoms with Crippen molar-refractivity contribution in [3.63, 3.8) is 0 Å². The fourth-order valence-corrected chi connectivity index (χ4v) is 3.00. The van der Waals surface area contributed by atoms with E-state index < -0.39 is 0 Å². The maximum Gasteiger partial charge on any atom is 0.0375 e. The van der Waals surface area contributed by atoms with Crippen molar-refractivity contribution >= 4 is 5.69 Å². The molecule has 1 heterocycles. The van der Waals surface area contributed by atoms with Crippen LogP contribution in [0.4, 0.5) is 5.69 Å². The molecule has 0 amide bonds. The van der Waals surface area contributed by atoms with Crippen molar-refractivity contribution in [2.75, 3.05) is 18.4 Å². The molecule has 0 saturated carbocycles. The third-order valence-corrected chi connectivity index (χ3v) is 4.21. The highest BCUT2D eigenvalue weighted by Gasteiger charge is 2.11. The zero-order valence-corrected chi connectivity index (χ0v) is 13.0. The van der Waals surface area contributed by atoms with Gasteiger partial charge >= 0.3 is 0 Å². The molecule has 2 nitrogen and oxygen atoms in total. The molecule has 2 rings (SSSR count). The Labute approximate surface area is 124 Å². The Kier molecular flexibility index (Phi) is 6.93. The van der Waals surface area contributed by atoms with Crippen molar-refractivity contribution in [2.24, 2.45) is 0 Å². The van der Waals surface area contributed by atoms with Gasteiger partial charge in [0.1, 0.15) is 0 Å². The summed E-state index contributed by atoms with van der Waals surface area (Å²) in [5.74, 6) is 0. The van der Waals surface area contributed by atoms with E-state index >= 15 is 0 Å². The van der Waals surface area contributed by atoms with E-state index in [-0.39, 0.29) is 0 Å². The first kappa shape index (κ1) is 15.4. The average Bonchev–Trinajstić information content (AvgIpc) is 2.50. The number of fused-ring (bicyclic) bond motifs is 1. The van der Waals surface area contributed by atoms with Gasteiger partial charge in [0.25, 0.3) is 0 Å². The molecule has 0 aliphatic carbocycles. The zero-order valence-electron chi connectivity index (χ0n) is 13.0. The second kappa shape index (κ2) is 9.02. The Bertz CT molecular complexity index is 387. The maximum absolute atomic E-state index is 3.61. The molecule has 0 spiro atoms. The third kappa shape index (κ3) is 4.82. The summed E-state index contributed by atoms with van der Waals surface area (Å²) in [5.41, 5.74) is 4.38. The fraction of sp³-hybridized carbons (Fsp3) is 0.667. The van der Waals surface area contributed by atoms with Gasteiger partial charge in [0.15, 0.2) is 0 Å². The van der Waals surface area contributed by atoms with E-state index in [4.69, 9.17) is 0 Å². The Morgan fingerprint density at radius 3 is 2.85 bits per heavy atom. The molecule has 20 heavy (non-hydrogen) atoms. The quantitative estimate of drug-likeness (QED) is 0.648. The maximum atomic E-state index is 3.61. The van der Waals surface area contributed by atoms with Gasteiger partial charge < -0.3 is 10.6 Å². The predicted octanol–water partition coefficient (Wildman–Crippen LogP) is 4.49. The van der Waals surface area contributed by atoms with Crippen LogP contribution in [0.3, 0.4) is 0 Å². The second-order valence-corrected chi connectivity index (χ2v) is 5.92. The van der Waals surface area contributed by atoms with Crippen molar-refractivity contribution in [3.8, 4) is 0 Å². The molecular weight excluding hydrogens is 244 g/mol. The lowest BCUT2D eigenvalue weighted by Crippen LogP contribution is -2.19. The lowest BCUT2D eigenvalue weighted by Gasteiger charge is -2.21. The molecule has 1 aliphatic rings. The minimum atomic E-state index is 1.03.